The van der Waals surface area contributed by atoms with Gasteiger partial charge in [0.25, 0.3) is 0 Å². The summed E-state index contributed by atoms with van der Waals surface area (Å²) < 4.78 is 26.9. The lowest BCUT2D eigenvalue weighted by atomic mass is 9.81. The van der Waals surface area contributed by atoms with E-state index in [1.807, 2.05) is 19.3 Å². The fourth-order valence-corrected chi connectivity index (χ4v) is 6.01. The quantitative estimate of drug-likeness (QED) is 0.769. The summed E-state index contributed by atoms with van der Waals surface area (Å²) >= 11 is 0. The van der Waals surface area contributed by atoms with E-state index < -0.39 is 10.0 Å². The number of aromatic amines is 1. The summed E-state index contributed by atoms with van der Waals surface area (Å²) in [5.41, 5.74) is 6.50. The molecule has 0 bridgehead atoms. The molecule has 0 radical (unpaired) electrons. The summed E-state index contributed by atoms with van der Waals surface area (Å²) in [4.78, 5) is 13.9. The molecule has 2 aliphatic rings. The molecular formula is C17H26N6O2S. The lowest BCUT2D eigenvalue weighted by Gasteiger charge is -2.42. The molecule has 3 heterocycles. The van der Waals surface area contributed by atoms with Crippen LogP contribution < -0.4 is 10.6 Å². The van der Waals surface area contributed by atoms with Crippen LogP contribution in [-0.4, -0.2) is 66.2 Å². The van der Waals surface area contributed by atoms with Crippen molar-refractivity contribution in [2.75, 3.05) is 37.3 Å². The Bertz CT molecular complexity index is 876. The summed E-state index contributed by atoms with van der Waals surface area (Å²) in [5.74, 6) is 1.67. The summed E-state index contributed by atoms with van der Waals surface area (Å²) in [7, 11) is -1.15. The molecule has 1 aliphatic heterocycles. The number of anilines is 1. The second-order valence-electron chi connectivity index (χ2n) is 7.57. The third kappa shape index (κ3) is 3.19. The molecule has 1 saturated heterocycles. The van der Waals surface area contributed by atoms with Crippen LogP contribution in [0.2, 0.25) is 0 Å². The van der Waals surface area contributed by atoms with E-state index in [9.17, 15) is 8.42 Å². The average Bonchev–Trinajstić information content (AvgIpc) is 3.25. The van der Waals surface area contributed by atoms with Crippen molar-refractivity contribution in [2.45, 2.75) is 25.3 Å². The fraction of sp³-hybridized carbons (Fsp3) is 0.647. The van der Waals surface area contributed by atoms with Crippen molar-refractivity contribution < 1.29 is 8.42 Å². The fourth-order valence-electron chi connectivity index (χ4n) is 4.11. The zero-order chi connectivity index (χ0) is 18.3. The monoisotopic (exact) mass is 378 g/mol. The SMILES string of the molecule is CN(c1ncnc2[nH]ccc12)C1CC(CS(=O)(=O)N2CC[C@H](CN)C2)C1. The first-order chi connectivity index (χ1) is 12.5. The normalized spacial score (nSPS) is 26.9. The lowest BCUT2D eigenvalue weighted by Crippen LogP contribution is -2.46. The Morgan fingerprint density at radius 1 is 1.35 bits per heavy atom. The van der Waals surface area contributed by atoms with Crippen LogP contribution in [0.25, 0.3) is 11.0 Å². The highest BCUT2D eigenvalue weighted by Gasteiger charge is 2.39. The van der Waals surface area contributed by atoms with Crippen molar-refractivity contribution >= 4 is 26.9 Å². The van der Waals surface area contributed by atoms with Crippen molar-refractivity contribution in [1.82, 2.24) is 19.3 Å². The Kier molecular flexibility index (Phi) is 4.62. The van der Waals surface area contributed by atoms with E-state index >= 15 is 0 Å². The molecule has 4 rings (SSSR count). The van der Waals surface area contributed by atoms with Crippen LogP contribution in [0.3, 0.4) is 0 Å². The minimum Gasteiger partial charge on any atom is -0.356 e. The number of sulfonamides is 1. The summed E-state index contributed by atoms with van der Waals surface area (Å²) in [6, 6.07) is 2.29. The summed E-state index contributed by atoms with van der Waals surface area (Å²) in [6.45, 7) is 1.77. The molecule has 26 heavy (non-hydrogen) atoms. The molecule has 0 unspecified atom stereocenters. The van der Waals surface area contributed by atoms with Gasteiger partial charge in [-0.1, -0.05) is 0 Å². The molecule has 0 amide bonds. The highest BCUT2D eigenvalue weighted by atomic mass is 32.2. The smallest absolute Gasteiger partial charge is 0.214 e. The zero-order valence-corrected chi connectivity index (χ0v) is 15.8. The van der Waals surface area contributed by atoms with Crippen LogP contribution >= 0.6 is 0 Å². The van der Waals surface area contributed by atoms with Crippen LogP contribution in [0.15, 0.2) is 18.6 Å². The van der Waals surface area contributed by atoms with Gasteiger partial charge in [0.05, 0.1) is 11.1 Å². The van der Waals surface area contributed by atoms with Crippen LogP contribution in [0, 0.1) is 11.8 Å². The first-order valence-electron chi connectivity index (χ1n) is 9.16. The zero-order valence-electron chi connectivity index (χ0n) is 15.0. The van der Waals surface area contributed by atoms with Crippen molar-refractivity contribution in [1.29, 1.82) is 0 Å². The largest absolute Gasteiger partial charge is 0.356 e. The Labute approximate surface area is 153 Å². The molecule has 1 aliphatic carbocycles. The van der Waals surface area contributed by atoms with Gasteiger partial charge in [-0.3, -0.25) is 0 Å². The maximum Gasteiger partial charge on any atom is 0.214 e. The highest BCUT2D eigenvalue weighted by molar-refractivity contribution is 7.89. The molecular weight excluding hydrogens is 352 g/mol. The third-order valence-electron chi connectivity index (χ3n) is 5.85. The van der Waals surface area contributed by atoms with Gasteiger partial charge in [-0.15, -0.1) is 0 Å². The van der Waals surface area contributed by atoms with Crippen molar-refractivity contribution in [2.24, 2.45) is 17.6 Å². The molecule has 1 saturated carbocycles. The predicted octanol–water partition coefficient (Wildman–Crippen LogP) is 0.783. The number of aromatic nitrogens is 3. The molecule has 9 heteroatoms. The first kappa shape index (κ1) is 17.7. The number of hydrogen-bond acceptors (Lipinski definition) is 6. The van der Waals surface area contributed by atoms with E-state index in [0.29, 0.717) is 31.6 Å². The van der Waals surface area contributed by atoms with Gasteiger partial charge in [-0.2, -0.15) is 0 Å². The van der Waals surface area contributed by atoms with Gasteiger partial charge < -0.3 is 15.6 Å². The summed E-state index contributed by atoms with van der Waals surface area (Å²) in [5, 5.41) is 0.996. The molecule has 0 aromatic carbocycles. The molecule has 0 spiro atoms. The molecule has 2 fully saturated rings. The number of fused-ring (bicyclic) bond motifs is 1. The molecule has 2 aromatic heterocycles. The van der Waals surface area contributed by atoms with Crippen molar-refractivity contribution in [3.05, 3.63) is 18.6 Å². The van der Waals surface area contributed by atoms with E-state index in [1.54, 1.807) is 10.6 Å². The number of rotatable bonds is 6. The molecule has 2 aromatic rings. The molecule has 3 N–H and O–H groups in total. The van der Waals surface area contributed by atoms with Gasteiger partial charge in [0, 0.05) is 32.4 Å². The van der Waals surface area contributed by atoms with Gasteiger partial charge in [-0.05, 0) is 43.7 Å². The first-order valence-corrected chi connectivity index (χ1v) is 10.8. The average molecular weight is 379 g/mol. The maximum atomic E-state index is 12.6. The topological polar surface area (TPSA) is 108 Å². The van der Waals surface area contributed by atoms with Gasteiger partial charge in [0.1, 0.15) is 17.8 Å². The van der Waals surface area contributed by atoms with Crippen LogP contribution in [0.1, 0.15) is 19.3 Å². The van der Waals surface area contributed by atoms with Gasteiger partial charge in [-0.25, -0.2) is 22.7 Å². The minimum atomic E-state index is -3.17. The van der Waals surface area contributed by atoms with Crippen LogP contribution in [0.4, 0.5) is 5.82 Å². The van der Waals surface area contributed by atoms with Gasteiger partial charge in [0.15, 0.2) is 0 Å². The van der Waals surface area contributed by atoms with E-state index in [1.165, 1.54) is 0 Å². The Morgan fingerprint density at radius 3 is 2.88 bits per heavy atom. The van der Waals surface area contributed by atoms with E-state index in [-0.39, 0.29) is 11.7 Å². The van der Waals surface area contributed by atoms with Crippen LogP contribution in [0.5, 0.6) is 0 Å². The third-order valence-corrected chi connectivity index (χ3v) is 7.86. The minimum absolute atomic E-state index is 0.216. The predicted molar refractivity (Wildman–Crippen MR) is 101 cm³/mol. The maximum absolute atomic E-state index is 12.6. The van der Waals surface area contributed by atoms with E-state index in [2.05, 4.69) is 19.9 Å². The second-order valence-corrected chi connectivity index (χ2v) is 9.58. The highest BCUT2D eigenvalue weighted by Crippen LogP contribution is 2.36. The van der Waals surface area contributed by atoms with E-state index in [4.69, 9.17) is 5.73 Å². The molecule has 8 nitrogen and oxygen atoms in total. The Morgan fingerprint density at radius 2 is 2.15 bits per heavy atom. The van der Waals surface area contributed by atoms with E-state index in [0.717, 1.165) is 36.1 Å². The van der Waals surface area contributed by atoms with Crippen LogP contribution in [-0.2, 0) is 10.0 Å². The lowest BCUT2D eigenvalue weighted by molar-refractivity contribution is 0.278. The van der Waals surface area contributed by atoms with Crippen molar-refractivity contribution in [3.8, 4) is 0 Å². The van der Waals surface area contributed by atoms with Gasteiger partial charge in [0.2, 0.25) is 10.0 Å². The Balaban J connectivity index is 1.36. The summed E-state index contributed by atoms with van der Waals surface area (Å²) in [6.07, 6.45) is 6.05. The van der Waals surface area contributed by atoms with Crippen molar-refractivity contribution in [3.63, 3.8) is 0 Å². The molecule has 142 valence electrons. The molecule has 1 atom stereocenters. The number of nitrogens with two attached hydrogens (primary N) is 1. The second kappa shape index (κ2) is 6.79. The number of nitrogens with zero attached hydrogens (tertiary/aromatic N) is 4. The standard InChI is InChI=1S/C17H26N6O2S/c1-22(17-15-2-4-19-16(15)20-11-21-17)14-6-13(7-14)10-26(24,25)23-5-3-12(8-18)9-23/h2,4,11-14H,3,5-10,18H2,1H3,(H,19,20,21)/t12-,13?,14?/m1/s1. The number of hydrogen-bond donors (Lipinski definition) is 2. The van der Waals surface area contributed by atoms with Gasteiger partial charge >= 0.3 is 0 Å². The number of H-pyrrole nitrogens is 1. The Hall–Kier alpha value is -1.71. The number of nitrogens with one attached hydrogen (secondary N) is 1.